The summed E-state index contributed by atoms with van der Waals surface area (Å²) in [5, 5.41) is 3.36. The summed E-state index contributed by atoms with van der Waals surface area (Å²) >= 11 is 3.43. The van der Waals surface area contributed by atoms with Crippen LogP contribution >= 0.6 is 15.9 Å². The molecule has 1 aromatic heterocycles. The minimum atomic E-state index is 0.453. The van der Waals surface area contributed by atoms with Crippen molar-refractivity contribution in [2.45, 2.75) is 26.4 Å². The molecule has 0 bridgehead atoms. The highest BCUT2D eigenvalue weighted by molar-refractivity contribution is 9.10. The smallest absolute Gasteiger partial charge is 0.146 e. The molecular weight excluding hydrogens is 304 g/mol. The van der Waals surface area contributed by atoms with Gasteiger partial charge in [-0.05, 0) is 29.8 Å². The molecule has 0 fully saturated rings. The van der Waals surface area contributed by atoms with Crippen molar-refractivity contribution in [2.75, 3.05) is 0 Å². The molecule has 0 aliphatic rings. The molecule has 0 unspecified atom stereocenters. The van der Waals surface area contributed by atoms with Gasteiger partial charge in [-0.15, -0.1) is 0 Å². The number of halogens is 1. The molecule has 0 saturated heterocycles. The van der Waals surface area contributed by atoms with Gasteiger partial charge in [0.25, 0.3) is 0 Å². The Kier molecular flexibility index (Phi) is 4.93. The van der Waals surface area contributed by atoms with Gasteiger partial charge in [0.15, 0.2) is 0 Å². The molecule has 4 heteroatoms. The Bertz CT molecular complexity index is 543. The van der Waals surface area contributed by atoms with Crippen LogP contribution in [-0.2, 0) is 6.54 Å². The Labute approximate surface area is 122 Å². The van der Waals surface area contributed by atoms with Crippen LogP contribution < -0.4 is 10.1 Å². The standard InChI is InChI=1S/C15H17BrN2O/c1-11(2)18-9-12-6-15(10-17-8-12)19-14-5-3-4-13(16)7-14/h3-8,10-11,18H,9H2,1-2H3. The Morgan fingerprint density at radius 3 is 2.79 bits per heavy atom. The first-order chi connectivity index (χ1) is 9.13. The van der Waals surface area contributed by atoms with Crippen molar-refractivity contribution < 1.29 is 4.74 Å². The summed E-state index contributed by atoms with van der Waals surface area (Å²) in [7, 11) is 0. The predicted octanol–water partition coefficient (Wildman–Crippen LogP) is 4.13. The Balaban J connectivity index is 2.06. The molecular formula is C15H17BrN2O. The van der Waals surface area contributed by atoms with Crippen molar-refractivity contribution in [1.29, 1.82) is 0 Å². The maximum atomic E-state index is 5.79. The summed E-state index contributed by atoms with van der Waals surface area (Å²) < 4.78 is 6.78. The first kappa shape index (κ1) is 14.0. The van der Waals surface area contributed by atoms with Gasteiger partial charge >= 0.3 is 0 Å². The van der Waals surface area contributed by atoms with E-state index in [2.05, 4.69) is 40.1 Å². The number of pyridine rings is 1. The average Bonchev–Trinajstić information content (AvgIpc) is 2.37. The lowest BCUT2D eigenvalue weighted by atomic mass is 10.2. The molecule has 100 valence electrons. The highest BCUT2D eigenvalue weighted by atomic mass is 79.9. The van der Waals surface area contributed by atoms with Gasteiger partial charge in [-0.2, -0.15) is 0 Å². The Morgan fingerprint density at radius 2 is 2.05 bits per heavy atom. The predicted molar refractivity (Wildman–Crippen MR) is 80.4 cm³/mol. The molecule has 3 nitrogen and oxygen atoms in total. The van der Waals surface area contributed by atoms with Crippen LogP contribution in [0.1, 0.15) is 19.4 Å². The van der Waals surface area contributed by atoms with E-state index in [1.807, 2.05) is 36.5 Å². The highest BCUT2D eigenvalue weighted by Crippen LogP contribution is 2.24. The fourth-order valence-electron chi connectivity index (χ4n) is 1.60. The Morgan fingerprint density at radius 1 is 1.21 bits per heavy atom. The fraction of sp³-hybridized carbons (Fsp3) is 0.267. The minimum Gasteiger partial charge on any atom is -0.456 e. The normalized spacial score (nSPS) is 10.7. The van der Waals surface area contributed by atoms with E-state index >= 15 is 0 Å². The first-order valence-electron chi connectivity index (χ1n) is 6.24. The molecule has 2 aromatic rings. The third-order valence-electron chi connectivity index (χ3n) is 2.52. The summed E-state index contributed by atoms with van der Waals surface area (Å²) in [4.78, 5) is 4.20. The van der Waals surface area contributed by atoms with Crippen molar-refractivity contribution in [3.05, 3.63) is 52.8 Å². The lowest BCUT2D eigenvalue weighted by molar-refractivity contribution is 0.478. The number of hydrogen-bond donors (Lipinski definition) is 1. The van der Waals surface area contributed by atoms with Crippen LogP contribution in [0.15, 0.2) is 47.2 Å². The molecule has 0 aliphatic carbocycles. The minimum absolute atomic E-state index is 0.453. The average molecular weight is 321 g/mol. The van der Waals surface area contributed by atoms with Gasteiger partial charge in [-0.1, -0.05) is 35.8 Å². The SMILES string of the molecule is CC(C)NCc1cncc(Oc2cccc(Br)c2)c1. The third-order valence-corrected chi connectivity index (χ3v) is 3.01. The first-order valence-corrected chi connectivity index (χ1v) is 7.03. The van der Waals surface area contributed by atoms with Crippen molar-refractivity contribution in [3.63, 3.8) is 0 Å². The van der Waals surface area contributed by atoms with E-state index in [1.165, 1.54) is 0 Å². The molecule has 0 saturated carbocycles. The number of hydrogen-bond acceptors (Lipinski definition) is 3. The number of ether oxygens (including phenoxy) is 1. The number of nitrogens with zero attached hydrogens (tertiary/aromatic N) is 1. The second-order valence-electron chi connectivity index (χ2n) is 4.62. The number of rotatable bonds is 5. The van der Waals surface area contributed by atoms with Crippen molar-refractivity contribution in [3.8, 4) is 11.5 Å². The molecule has 0 radical (unpaired) electrons. The third kappa shape index (κ3) is 4.65. The van der Waals surface area contributed by atoms with E-state index in [1.54, 1.807) is 6.20 Å². The van der Waals surface area contributed by atoms with Gasteiger partial charge in [-0.25, -0.2) is 0 Å². The Hall–Kier alpha value is -1.39. The summed E-state index contributed by atoms with van der Waals surface area (Å²) in [6.07, 6.45) is 3.57. The highest BCUT2D eigenvalue weighted by Gasteiger charge is 2.01. The van der Waals surface area contributed by atoms with Gasteiger partial charge in [0.05, 0.1) is 6.20 Å². The van der Waals surface area contributed by atoms with Crippen LogP contribution in [0.4, 0.5) is 0 Å². The van der Waals surface area contributed by atoms with E-state index in [0.29, 0.717) is 6.04 Å². The molecule has 0 aliphatic heterocycles. The molecule has 0 spiro atoms. The summed E-state index contributed by atoms with van der Waals surface area (Å²) in [5.41, 5.74) is 1.11. The van der Waals surface area contributed by atoms with Gasteiger partial charge in [-0.3, -0.25) is 4.98 Å². The second-order valence-corrected chi connectivity index (χ2v) is 5.54. The molecule has 1 N–H and O–H groups in total. The lowest BCUT2D eigenvalue weighted by Crippen LogP contribution is -2.21. The lowest BCUT2D eigenvalue weighted by Gasteiger charge is -2.10. The maximum Gasteiger partial charge on any atom is 0.146 e. The van der Waals surface area contributed by atoms with Crippen LogP contribution in [0, 0.1) is 0 Å². The van der Waals surface area contributed by atoms with Crippen LogP contribution in [-0.4, -0.2) is 11.0 Å². The number of aromatic nitrogens is 1. The van der Waals surface area contributed by atoms with Crippen LogP contribution in [0.2, 0.25) is 0 Å². The van der Waals surface area contributed by atoms with E-state index in [9.17, 15) is 0 Å². The molecule has 1 heterocycles. The zero-order valence-electron chi connectivity index (χ0n) is 11.1. The van der Waals surface area contributed by atoms with Gasteiger partial charge < -0.3 is 10.1 Å². The number of nitrogens with one attached hydrogen (secondary N) is 1. The quantitative estimate of drug-likeness (QED) is 0.899. The molecule has 19 heavy (non-hydrogen) atoms. The summed E-state index contributed by atoms with van der Waals surface area (Å²) in [6.45, 7) is 5.03. The van der Waals surface area contributed by atoms with E-state index < -0.39 is 0 Å². The van der Waals surface area contributed by atoms with Crippen molar-refractivity contribution in [1.82, 2.24) is 10.3 Å². The number of benzene rings is 1. The monoisotopic (exact) mass is 320 g/mol. The van der Waals surface area contributed by atoms with Gasteiger partial charge in [0.1, 0.15) is 11.5 Å². The molecule has 0 atom stereocenters. The zero-order chi connectivity index (χ0) is 13.7. The largest absolute Gasteiger partial charge is 0.456 e. The zero-order valence-corrected chi connectivity index (χ0v) is 12.6. The topological polar surface area (TPSA) is 34.2 Å². The molecule has 1 aromatic carbocycles. The maximum absolute atomic E-state index is 5.79. The van der Waals surface area contributed by atoms with Crippen molar-refractivity contribution in [2.24, 2.45) is 0 Å². The second kappa shape index (κ2) is 6.68. The van der Waals surface area contributed by atoms with E-state index in [4.69, 9.17) is 4.74 Å². The summed E-state index contributed by atoms with van der Waals surface area (Å²) in [6, 6.07) is 10.2. The molecule has 2 rings (SSSR count). The van der Waals surface area contributed by atoms with Crippen LogP contribution in [0.3, 0.4) is 0 Å². The fourth-order valence-corrected chi connectivity index (χ4v) is 1.98. The van der Waals surface area contributed by atoms with Crippen LogP contribution in [0.5, 0.6) is 11.5 Å². The van der Waals surface area contributed by atoms with Crippen LogP contribution in [0.25, 0.3) is 0 Å². The van der Waals surface area contributed by atoms with Gasteiger partial charge in [0.2, 0.25) is 0 Å². The van der Waals surface area contributed by atoms with Gasteiger partial charge in [0, 0.05) is 23.3 Å². The van der Waals surface area contributed by atoms with Crippen molar-refractivity contribution >= 4 is 15.9 Å². The van der Waals surface area contributed by atoms with E-state index in [0.717, 1.165) is 28.1 Å². The molecule has 0 amide bonds. The van der Waals surface area contributed by atoms with E-state index in [-0.39, 0.29) is 0 Å². The summed E-state index contributed by atoms with van der Waals surface area (Å²) in [5.74, 6) is 1.55.